The van der Waals surface area contributed by atoms with E-state index < -0.39 is 8.80 Å². The zero-order valence-electron chi connectivity index (χ0n) is 12.1. The van der Waals surface area contributed by atoms with Crippen molar-refractivity contribution in [2.75, 3.05) is 6.61 Å². The van der Waals surface area contributed by atoms with E-state index >= 15 is 0 Å². The number of rotatable bonds is 3. The maximum Gasteiger partial charge on any atom is 0.133 e. The Kier molecular flexibility index (Phi) is 4.19. The molecular weight excluding hydrogens is 276 g/mol. The molecule has 0 saturated carbocycles. The van der Waals surface area contributed by atoms with Crippen LogP contribution in [0, 0.1) is 0 Å². The zero-order valence-corrected chi connectivity index (χ0v) is 15.2. The van der Waals surface area contributed by atoms with E-state index in [1.54, 1.807) is 0 Å². The van der Waals surface area contributed by atoms with Crippen LogP contribution in [-0.2, 0) is 4.74 Å². The van der Waals surface area contributed by atoms with E-state index in [1.807, 2.05) is 0 Å². The predicted molar refractivity (Wildman–Crippen MR) is 91.8 cm³/mol. The molecule has 1 fully saturated rings. The van der Waals surface area contributed by atoms with Crippen LogP contribution in [-0.4, -0.2) is 30.5 Å². The smallest absolute Gasteiger partial charge is 0.133 e. The van der Waals surface area contributed by atoms with Crippen LogP contribution in [0.25, 0.3) is 0 Å². The summed E-state index contributed by atoms with van der Waals surface area (Å²) in [6, 6.07) is 22.1. The van der Waals surface area contributed by atoms with Crippen LogP contribution in [0.1, 0.15) is 19.3 Å². The zero-order chi connectivity index (χ0) is 13.8. The number of ether oxygens (including phenoxy) is 1. The van der Waals surface area contributed by atoms with Gasteiger partial charge in [-0.25, -0.2) is 0 Å². The van der Waals surface area contributed by atoms with Gasteiger partial charge in [0.05, 0.1) is 0 Å². The third-order valence-corrected chi connectivity index (χ3v) is 10.7. The first-order valence-electron chi connectivity index (χ1n) is 7.53. The summed E-state index contributed by atoms with van der Waals surface area (Å²) in [5.74, 6) is 0. The van der Waals surface area contributed by atoms with E-state index in [9.17, 15) is 0 Å². The number of hydrogen-bond donors (Lipinski definition) is 0. The lowest BCUT2D eigenvalue weighted by atomic mass is 10.2. The van der Waals surface area contributed by atoms with Gasteiger partial charge >= 0.3 is 0 Å². The SMILES string of the molecule is [SiH3]C1([SiH](c2ccccc2)c2ccccc2)CCCCO1. The van der Waals surface area contributed by atoms with Crippen LogP contribution in [0.2, 0.25) is 0 Å². The molecule has 0 spiro atoms. The molecule has 2 aromatic carbocycles. The minimum Gasteiger partial charge on any atom is -0.382 e. The Balaban J connectivity index is 2.04. The molecule has 1 saturated heterocycles. The standard InChI is InChI=1S/C17H22OSi2/c19-17(13-7-8-14-18-17)20(15-9-3-1-4-10-15)16-11-5-2-6-12-16/h1-6,9-12,20H,7-8,13-14H2,19H3. The summed E-state index contributed by atoms with van der Waals surface area (Å²) >= 11 is 0. The van der Waals surface area contributed by atoms with Crippen molar-refractivity contribution in [2.24, 2.45) is 0 Å². The van der Waals surface area contributed by atoms with E-state index in [0.29, 0.717) is 0 Å². The lowest BCUT2D eigenvalue weighted by molar-refractivity contribution is 0.0349. The summed E-state index contributed by atoms with van der Waals surface area (Å²) in [6.07, 6.45) is 3.81. The molecule has 20 heavy (non-hydrogen) atoms. The Morgan fingerprint density at radius 2 is 1.40 bits per heavy atom. The maximum absolute atomic E-state index is 6.36. The molecular formula is C17H22OSi2. The highest BCUT2D eigenvalue weighted by Crippen LogP contribution is 2.24. The van der Waals surface area contributed by atoms with Gasteiger partial charge in [-0.15, -0.1) is 0 Å². The van der Waals surface area contributed by atoms with Crippen LogP contribution in [0.3, 0.4) is 0 Å². The van der Waals surface area contributed by atoms with Crippen molar-refractivity contribution in [1.82, 2.24) is 0 Å². The Hall–Kier alpha value is -1.17. The molecule has 3 heteroatoms. The van der Waals surface area contributed by atoms with Gasteiger partial charge in [-0.3, -0.25) is 0 Å². The van der Waals surface area contributed by atoms with Crippen molar-refractivity contribution in [3.05, 3.63) is 60.7 Å². The molecule has 2 aromatic rings. The van der Waals surface area contributed by atoms with Gasteiger partial charge < -0.3 is 4.74 Å². The molecule has 1 nitrogen and oxygen atoms in total. The van der Waals surface area contributed by atoms with Crippen LogP contribution in [0.15, 0.2) is 60.7 Å². The van der Waals surface area contributed by atoms with Crippen LogP contribution in [0.5, 0.6) is 0 Å². The van der Waals surface area contributed by atoms with Crippen LogP contribution < -0.4 is 10.4 Å². The molecule has 1 aliphatic heterocycles. The second-order valence-electron chi connectivity index (χ2n) is 5.87. The van der Waals surface area contributed by atoms with E-state index in [1.165, 1.54) is 29.6 Å². The topological polar surface area (TPSA) is 9.23 Å². The molecule has 1 unspecified atom stereocenters. The summed E-state index contributed by atoms with van der Waals surface area (Å²) in [5, 5.41) is 3.05. The van der Waals surface area contributed by atoms with Crippen molar-refractivity contribution in [2.45, 2.75) is 24.1 Å². The van der Waals surface area contributed by atoms with E-state index in [2.05, 4.69) is 60.7 Å². The second kappa shape index (κ2) is 6.08. The van der Waals surface area contributed by atoms with Crippen molar-refractivity contribution in [1.29, 1.82) is 0 Å². The van der Waals surface area contributed by atoms with Gasteiger partial charge in [0.15, 0.2) is 0 Å². The third-order valence-electron chi connectivity index (χ3n) is 4.38. The Labute approximate surface area is 126 Å². The Morgan fingerprint density at radius 1 is 0.850 bits per heavy atom. The van der Waals surface area contributed by atoms with Crippen LogP contribution >= 0.6 is 0 Å². The fourth-order valence-electron chi connectivity index (χ4n) is 3.37. The second-order valence-corrected chi connectivity index (χ2v) is 12.1. The Morgan fingerprint density at radius 3 is 1.85 bits per heavy atom. The predicted octanol–water partition coefficient (Wildman–Crippen LogP) is 0.829. The summed E-state index contributed by atoms with van der Waals surface area (Å²) in [5.41, 5.74) is 0. The summed E-state index contributed by atoms with van der Waals surface area (Å²) in [7, 11) is -0.185. The van der Waals surface area contributed by atoms with E-state index in [0.717, 1.165) is 16.8 Å². The molecule has 0 aliphatic carbocycles. The van der Waals surface area contributed by atoms with Gasteiger partial charge in [0, 0.05) is 21.7 Å². The first-order valence-corrected chi connectivity index (χ1v) is 10.3. The highest BCUT2D eigenvalue weighted by molar-refractivity contribution is 6.91. The molecule has 1 aliphatic rings. The normalized spacial score (nSPS) is 23.1. The molecule has 0 N–H and O–H groups in total. The molecule has 1 atom stereocenters. The molecule has 104 valence electrons. The highest BCUT2D eigenvalue weighted by atomic mass is 28.3. The average molecular weight is 299 g/mol. The quantitative estimate of drug-likeness (QED) is 0.763. The third kappa shape index (κ3) is 2.80. The minimum absolute atomic E-state index is 0.182. The fourth-order valence-corrected chi connectivity index (χ4v) is 9.72. The highest BCUT2D eigenvalue weighted by Gasteiger charge is 2.39. The van der Waals surface area contributed by atoms with Crippen molar-refractivity contribution >= 4 is 29.4 Å². The minimum atomic E-state index is -1.31. The number of hydrogen-bond acceptors (Lipinski definition) is 1. The summed E-state index contributed by atoms with van der Waals surface area (Å²) in [6.45, 7) is 0.951. The van der Waals surface area contributed by atoms with E-state index in [-0.39, 0.29) is 4.85 Å². The average Bonchev–Trinajstić information content (AvgIpc) is 2.50. The molecule has 0 bridgehead atoms. The van der Waals surface area contributed by atoms with Gasteiger partial charge in [-0.1, -0.05) is 71.0 Å². The molecule has 0 aromatic heterocycles. The van der Waals surface area contributed by atoms with Gasteiger partial charge in [0.2, 0.25) is 0 Å². The van der Waals surface area contributed by atoms with Crippen LogP contribution in [0.4, 0.5) is 0 Å². The lowest BCUT2D eigenvalue weighted by Gasteiger charge is -2.40. The largest absolute Gasteiger partial charge is 0.382 e. The lowest BCUT2D eigenvalue weighted by Crippen LogP contribution is -2.63. The van der Waals surface area contributed by atoms with E-state index in [4.69, 9.17) is 4.74 Å². The fraction of sp³-hybridized carbons (Fsp3) is 0.294. The van der Waals surface area contributed by atoms with Gasteiger partial charge in [-0.05, 0) is 19.3 Å². The monoisotopic (exact) mass is 298 g/mol. The van der Waals surface area contributed by atoms with Crippen molar-refractivity contribution in [3.63, 3.8) is 0 Å². The summed E-state index contributed by atoms with van der Waals surface area (Å²) < 4.78 is 6.36. The maximum atomic E-state index is 6.36. The van der Waals surface area contributed by atoms with Crippen molar-refractivity contribution in [3.8, 4) is 0 Å². The summed E-state index contributed by atoms with van der Waals surface area (Å²) in [4.78, 5) is 0.182. The van der Waals surface area contributed by atoms with Crippen molar-refractivity contribution < 1.29 is 4.74 Å². The molecule has 0 amide bonds. The number of benzene rings is 2. The first-order chi connectivity index (χ1) is 9.80. The van der Waals surface area contributed by atoms with Gasteiger partial charge in [-0.2, -0.15) is 0 Å². The van der Waals surface area contributed by atoms with Gasteiger partial charge in [0.1, 0.15) is 8.80 Å². The molecule has 0 radical (unpaired) electrons. The molecule has 1 heterocycles. The Bertz CT molecular complexity index is 496. The van der Waals surface area contributed by atoms with Gasteiger partial charge in [0.25, 0.3) is 0 Å². The first kappa shape index (κ1) is 13.8. The molecule has 3 rings (SSSR count).